The van der Waals surface area contributed by atoms with Gasteiger partial charge in [-0.3, -0.25) is 4.79 Å². The number of carbonyl (C=O) groups is 2. The molecule has 4 heteroatoms. The first-order valence-electron chi connectivity index (χ1n) is 7.53. The van der Waals surface area contributed by atoms with Gasteiger partial charge in [0.2, 0.25) is 0 Å². The largest absolute Gasteiger partial charge is 0.426 e. The first-order valence-corrected chi connectivity index (χ1v) is 7.53. The minimum atomic E-state index is -0.428. The van der Waals surface area contributed by atoms with Crippen LogP contribution in [0.2, 0.25) is 0 Å². The van der Waals surface area contributed by atoms with Gasteiger partial charge in [0, 0.05) is 18.1 Å². The van der Waals surface area contributed by atoms with Gasteiger partial charge in [0.05, 0.1) is 5.57 Å². The average Bonchev–Trinajstić information content (AvgIpc) is 2.90. The number of hydrogen-bond acceptors (Lipinski definition) is 4. The van der Waals surface area contributed by atoms with Gasteiger partial charge in [0.25, 0.3) is 0 Å². The maximum Gasteiger partial charge on any atom is 0.343 e. The molecule has 2 aromatic rings. The number of aryl methyl sites for hydroxylation is 1. The first kappa shape index (κ1) is 15.7. The predicted octanol–water partition coefficient (Wildman–Crippen LogP) is 3.90. The van der Waals surface area contributed by atoms with Gasteiger partial charge in [-0.1, -0.05) is 48.0 Å². The second-order valence-corrected chi connectivity index (χ2v) is 5.50. The number of para-hydroxylation sites is 1. The maximum absolute atomic E-state index is 12.1. The summed E-state index contributed by atoms with van der Waals surface area (Å²) in [7, 11) is 0. The molecule has 0 atom stereocenters. The molecule has 1 aliphatic rings. The Morgan fingerprint density at radius 3 is 2.50 bits per heavy atom. The third-order valence-electron chi connectivity index (χ3n) is 3.54. The highest BCUT2D eigenvalue weighted by Crippen LogP contribution is 2.29. The van der Waals surface area contributed by atoms with Crippen LogP contribution in [-0.4, -0.2) is 11.9 Å². The topological polar surface area (TPSA) is 52.6 Å². The van der Waals surface area contributed by atoms with Gasteiger partial charge in [0.1, 0.15) is 11.5 Å². The van der Waals surface area contributed by atoms with E-state index in [-0.39, 0.29) is 0 Å². The van der Waals surface area contributed by atoms with Crippen LogP contribution < -0.4 is 4.74 Å². The summed E-state index contributed by atoms with van der Waals surface area (Å²) in [6, 6.07) is 14.8. The lowest BCUT2D eigenvalue weighted by Gasteiger charge is -2.05. The quantitative estimate of drug-likeness (QED) is 0.489. The lowest BCUT2D eigenvalue weighted by atomic mass is 10.1. The Hall–Kier alpha value is -3.14. The Kier molecular flexibility index (Phi) is 4.29. The molecular weight excluding hydrogens is 304 g/mol. The van der Waals surface area contributed by atoms with Crippen LogP contribution in [0.1, 0.15) is 23.6 Å². The van der Waals surface area contributed by atoms with E-state index in [0.717, 1.165) is 11.1 Å². The van der Waals surface area contributed by atoms with Gasteiger partial charge in [-0.05, 0) is 25.1 Å². The van der Waals surface area contributed by atoms with E-state index < -0.39 is 11.9 Å². The Morgan fingerprint density at radius 2 is 1.79 bits per heavy atom. The zero-order valence-electron chi connectivity index (χ0n) is 13.4. The molecule has 1 aliphatic heterocycles. The molecule has 120 valence electrons. The van der Waals surface area contributed by atoms with Crippen molar-refractivity contribution >= 4 is 23.8 Å². The SMILES string of the molecule is CC(=O)Oc1ccccc1C=C1C=C(c2ccc(C)cc2)OC1=O. The molecule has 0 saturated heterocycles. The van der Waals surface area contributed by atoms with Crippen LogP contribution >= 0.6 is 0 Å². The molecular formula is C20H16O4. The summed E-state index contributed by atoms with van der Waals surface area (Å²) in [5.41, 5.74) is 3.02. The molecule has 0 aromatic heterocycles. The van der Waals surface area contributed by atoms with Crippen molar-refractivity contribution in [2.75, 3.05) is 0 Å². The molecule has 0 saturated carbocycles. The lowest BCUT2D eigenvalue weighted by Crippen LogP contribution is -2.03. The van der Waals surface area contributed by atoms with E-state index in [1.54, 1.807) is 30.4 Å². The van der Waals surface area contributed by atoms with Gasteiger partial charge in [-0.25, -0.2) is 4.79 Å². The van der Waals surface area contributed by atoms with Crippen LogP contribution in [0.5, 0.6) is 5.75 Å². The number of rotatable bonds is 3. The van der Waals surface area contributed by atoms with Crippen molar-refractivity contribution < 1.29 is 19.1 Å². The molecule has 0 unspecified atom stereocenters. The number of cyclic esters (lactones) is 1. The van der Waals surface area contributed by atoms with Crippen LogP contribution in [0.15, 0.2) is 60.2 Å². The Labute approximate surface area is 140 Å². The van der Waals surface area contributed by atoms with E-state index in [1.165, 1.54) is 6.92 Å². The molecule has 2 aromatic carbocycles. The van der Waals surface area contributed by atoms with Crippen molar-refractivity contribution in [3.05, 3.63) is 76.9 Å². The minimum Gasteiger partial charge on any atom is -0.426 e. The second kappa shape index (κ2) is 6.54. The molecule has 0 bridgehead atoms. The summed E-state index contributed by atoms with van der Waals surface area (Å²) < 4.78 is 10.5. The fourth-order valence-corrected chi connectivity index (χ4v) is 2.36. The summed E-state index contributed by atoms with van der Waals surface area (Å²) in [6.45, 7) is 3.33. The molecule has 1 heterocycles. The number of hydrogen-bond donors (Lipinski definition) is 0. The molecule has 4 nitrogen and oxygen atoms in total. The molecule has 0 N–H and O–H groups in total. The molecule has 24 heavy (non-hydrogen) atoms. The van der Waals surface area contributed by atoms with Crippen molar-refractivity contribution in [2.24, 2.45) is 0 Å². The van der Waals surface area contributed by atoms with Gasteiger partial charge in [-0.2, -0.15) is 0 Å². The summed E-state index contributed by atoms with van der Waals surface area (Å²) in [5, 5.41) is 0. The Morgan fingerprint density at radius 1 is 1.08 bits per heavy atom. The highest BCUT2D eigenvalue weighted by atomic mass is 16.5. The number of ether oxygens (including phenoxy) is 2. The van der Waals surface area contributed by atoms with Crippen LogP contribution in [0.25, 0.3) is 11.8 Å². The van der Waals surface area contributed by atoms with E-state index in [4.69, 9.17) is 9.47 Å². The van der Waals surface area contributed by atoms with Crippen molar-refractivity contribution in [3.63, 3.8) is 0 Å². The molecule has 3 rings (SSSR count). The standard InChI is InChI=1S/C20H16O4/c1-13-7-9-15(10-8-13)19-12-17(20(22)24-19)11-16-5-3-4-6-18(16)23-14(2)21/h3-12H,1-2H3. The summed E-state index contributed by atoms with van der Waals surface area (Å²) in [6.07, 6.45) is 3.35. The van der Waals surface area contributed by atoms with Gasteiger partial charge in [-0.15, -0.1) is 0 Å². The minimum absolute atomic E-state index is 0.405. The zero-order chi connectivity index (χ0) is 17.1. The monoisotopic (exact) mass is 320 g/mol. The highest BCUT2D eigenvalue weighted by molar-refractivity contribution is 6.05. The molecule has 0 amide bonds. The van der Waals surface area contributed by atoms with E-state index in [9.17, 15) is 9.59 Å². The highest BCUT2D eigenvalue weighted by Gasteiger charge is 2.22. The van der Waals surface area contributed by atoms with E-state index in [2.05, 4.69) is 0 Å². The van der Waals surface area contributed by atoms with E-state index in [0.29, 0.717) is 22.6 Å². The molecule has 0 spiro atoms. The normalized spacial score (nSPS) is 15.2. The van der Waals surface area contributed by atoms with Crippen molar-refractivity contribution in [1.29, 1.82) is 0 Å². The number of esters is 2. The van der Waals surface area contributed by atoms with Gasteiger partial charge < -0.3 is 9.47 Å². The second-order valence-electron chi connectivity index (χ2n) is 5.50. The zero-order valence-corrected chi connectivity index (χ0v) is 13.4. The predicted molar refractivity (Wildman–Crippen MR) is 91.0 cm³/mol. The van der Waals surface area contributed by atoms with Crippen LogP contribution in [-0.2, 0) is 14.3 Å². The van der Waals surface area contributed by atoms with Crippen LogP contribution in [0, 0.1) is 6.92 Å². The van der Waals surface area contributed by atoms with E-state index >= 15 is 0 Å². The van der Waals surface area contributed by atoms with Crippen molar-refractivity contribution in [2.45, 2.75) is 13.8 Å². The molecule has 0 radical (unpaired) electrons. The first-order chi connectivity index (χ1) is 11.5. The fourth-order valence-electron chi connectivity index (χ4n) is 2.36. The molecule has 0 aliphatic carbocycles. The molecule has 0 fully saturated rings. The van der Waals surface area contributed by atoms with Gasteiger partial charge in [0.15, 0.2) is 0 Å². The smallest absolute Gasteiger partial charge is 0.343 e. The summed E-state index contributed by atoms with van der Waals surface area (Å²) in [5.74, 6) is 0.0765. The third-order valence-corrected chi connectivity index (χ3v) is 3.54. The van der Waals surface area contributed by atoms with Crippen molar-refractivity contribution in [1.82, 2.24) is 0 Å². The van der Waals surface area contributed by atoms with Gasteiger partial charge >= 0.3 is 11.9 Å². The fraction of sp³-hybridized carbons (Fsp3) is 0.100. The third kappa shape index (κ3) is 3.43. The number of benzene rings is 2. The van der Waals surface area contributed by atoms with Crippen LogP contribution in [0.4, 0.5) is 0 Å². The summed E-state index contributed by atoms with van der Waals surface area (Å²) in [4.78, 5) is 23.3. The maximum atomic E-state index is 12.1. The van der Waals surface area contributed by atoms with E-state index in [1.807, 2.05) is 37.3 Å². The van der Waals surface area contributed by atoms with Crippen molar-refractivity contribution in [3.8, 4) is 5.75 Å². The Balaban J connectivity index is 1.94. The van der Waals surface area contributed by atoms with Crippen LogP contribution in [0.3, 0.4) is 0 Å². The Bertz CT molecular complexity index is 857. The number of carbonyl (C=O) groups excluding carboxylic acids is 2. The average molecular weight is 320 g/mol. The lowest BCUT2D eigenvalue weighted by molar-refractivity contribution is -0.132. The summed E-state index contributed by atoms with van der Waals surface area (Å²) >= 11 is 0.